The Hall–Kier alpha value is -2.34. The van der Waals surface area contributed by atoms with Gasteiger partial charge >= 0.3 is 0 Å². The molecule has 0 fully saturated rings. The fraction of sp³-hybridized carbons (Fsp3) is 0.267. The predicted octanol–water partition coefficient (Wildman–Crippen LogP) is 2.17. The van der Waals surface area contributed by atoms with Crippen molar-refractivity contribution < 1.29 is 14.1 Å². The molecule has 0 spiro atoms. The summed E-state index contributed by atoms with van der Waals surface area (Å²) >= 11 is 6.15. The highest BCUT2D eigenvalue weighted by molar-refractivity contribution is 6.33. The van der Waals surface area contributed by atoms with Gasteiger partial charge in [-0.1, -0.05) is 35.0 Å². The summed E-state index contributed by atoms with van der Waals surface area (Å²) in [6.07, 6.45) is 0. The maximum absolute atomic E-state index is 12.3. The Morgan fingerprint density at radius 2 is 1.91 bits per heavy atom. The molecule has 1 heterocycles. The fourth-order valence-electron chi connectivity index (χ4n) is 1.98. The molecule has 116 valence electrons. The Morgan fingerprint density at radius 3 is 2.59 bits per heavy atom. The van der Waals surface area contributed by atoms with Crippen molar-refractivity contribution in [3.05, 3.63) is 40.6 Å². The molecular formula is C15H16ClN3O3. The van der Waals surface area contributed by atoms with Crippen molar-refractivity contribution in [1.29, 1.82) is 0 Å². The standard InChI is InChI=1S/C15H16ClN3O3/c1-9-13(15(21)18-8-7-17-10(2)20)14(19-22-9)11-5-3-4-6-12(11)16/h3-6H,7-8H2,1-2H3,(H,17,20)(H,18,21). The predicted molar refractivity (Wildman–Crippen MR) is 82.7 cm³/mol. The third-order valence-corrected chi connectivity index (χ3v) is 3.33. The number of hydrogen-bond acceptors (Lipinski definition) is 4. The van der Waals surface area contributed by atoms with Gasteiger partial charge in [0.1, 0.15) is 17.0 Å². The summed E-state index contributed by atoms with van der Waals surface area (Å²) in [5, 5.41) is 9.74. The van der Waals surface area contributed by atoms with Gasteiger partial charge in [-0.2, -0.15) is 0 Å². The molecule has 0 aliphatic rings. The van der Waals surface area contributed by atoms with Crippen molar-refractivity contribution in [2.24, 2.45) is 0 Å². The molecule has 1 aromatic heterocycles. The van der Waals surface area contributed by atoms with Gasteiger partial charge in [0.2, 0.25) is 5.91 Å². The molecule has 6 nitrogen and oxygen atoms in total. The number of amides is 2. The number of carbonyl (C=O) groups excluding carboxylic acids is 2. The van der Waals surface area contributed by atoms with Crippen LogP contribution in [0.15, 0.2) is 28.8 Å². The van der Waals surface area contributed by atoms with Crippen molar-refractivity contribution in [2.75, 3.05) is 13.1 Å². The van der Waals surface area contributed by atoms with E-state index in [1.165, 1.54) is 6.92 Å². The molecule has 0 unspecified atom stereocenters. The van der Waals surface area contributed by atoms with Crippen molar-refractivity contribution in [2.45, 2.75) is 13.8 Å². The second-order valence-electron chi connectivity index (χ2n) is 4.68. The highest BCUT2D eigenvalue weighted by Gasteiger charge is 2.22. The normalized spacial score (nSPS) is 10.3. The summed E-state index contributed by atoms with van der Waals surface area (Å²) in [6.45, 7) is 3.75. The minimum Gasteiger partial charge on any atom is -0.360 e. The summed E-state index contributed by atoms with van der Waals surface area (Å²) in [5.74, 6) is -0.0573. The van der Waals surface area contributed by atoms with Gasteiger partial charge in [-0.15, -0.1) is 0 Å². The zero-order valence-electron chi connectivity index (χ0n) is 12.3. The average Bonchev–Trinajstić information content (AvgIpc) is 2.85. The maximum Gasteiger partial charge on any atom is 0.257 e. The van der Waals surface area contributed by atoms with Crippen molar-refractivity contribution in [1.82, 2.24) is 15.8 Å². The molecule has 0 aliphatic heterocycles. The smallest absolute Gasteiger partial charge is 0.257 e. The number of carbonyl (C=O) groups is 2. The van der Waals surface area contributed by atoms with Crippen molar-refractivity contribution in [3.8, 4) is 11.3 Å². The summed E-state index contributed by atoms with van der Waals surface area (Å²) in [4.78, 5) is 23.1. The topological polar surface area (TPSA) is 84.2 Å². The number of nitrogens with zero attached hydrogens (tertiary/aromatic N) is 1. The number of benzene rings is 1. The largest absolute Gasteiger partial charge is 0.360 e. The van der Waals surface area contributed by atoms with Gasteiger partial charge in [-0.3, -0.25) is 9.59 Å². The molecule has 0 bridgehead atoms. The van der Waals surface area contributed by atoms with E-state index in [-0.39, 0.29) is 11.8 Å². The van der Waals surface area contributed by atoms with E-state index in [9.17, 15) is 9.59 Å². The zero-order valence-corrected chi connectivity index (χ0v) is 13.0. The second kappa shape index (κ2) is 7.09. The first-order valence-corrected chi connectivity index (χ1v) is 7.12. The van der Waals surface area contributed by atoms with Crippen LogP contribution in [-0.2, 0) is 4.79 Å². The highest BCUT2D eigenvalue weighted by atomic mass is 35.5. The van der Waals surface area contributed by atoms with E-state index in [2.05, 4.69) is 15.8 Å². The van der Waals surface area contributed by atoms with E-state index in [1.807, 2.05) is 6.07 Å². The molecule has 0 saturated heterocycles. The Labute approximate surface area is 132 Å². The summed E-state index contributed by atoms with van der Waals surface area (Å²) < 4.78 is 5.13. The lowest BCUT2D eigenvalue weighted by molar-refractivity contribution is -0.118. The van der Waals surface area contributed by atoms with Gasteiger partial charge in [0.25, 0.3) is 5.91 Å². The molecule has 2 amide bonds. The summed E-state index contributed by atoms with van der Waals surface area (Å²) in [5.41, 5.74) is 1.38. The Balaban J connectivity index is 2.18. The minimum absolute atomic E-state index is 0.146. The highest BCUT2D eigenvalue weighted by Crippen LogP contribution is 2.30. The van der Waals surface area contributed by atoms with Crippen LogP contribution in [0.5, 0.6) is 0 Å². The second-order valence-corrected chi connectivity index (χ2v) is 5.09. The van der Waals surface area contributed by atoms with Crippen molar-refractivity contribution >= 4 is 23.4 Å². The fourth-order valence-corrected chi connectivity index (χ4v) is 2.20. The van der Waals surface area contributed by atoms with Crippen LogP contribution >= 0.6 is 11.6 Å². The van der Waals surface area contributed by atoms with Crippen LogP contribution in [0.4, 0.5) is 0 Å². The molecule has 0 radical (unpaired) electrons. The molecule has 2 N–H and O–H groups in total. The van der Waals surface area contributed by atoms with E-state index in [4.69, 9.17) is 16.1 Å². The number of hydrogen-bond donors (Lipinski definition) is 2. The first-order valence-electron chi connectivity index (χ1n) is 6.74. The summed E-state index contributed by atoms with van der Waals surface area (Å²) in [6, 6.07) is 7.10. The van der Waals surface area contributed by atoms with Crippen LogP contribution in [0.3, 0.4) is 0 Å². The van der Waals surface area contributed by atoms with Crippen LogP contribution in [0.25, 0.3) is 11.3 Å². The number of aryl methyl sites for hydroxylation is 1. The van der Waals surface area contributed by atoms with E-state index in [0.717, 1.165) is 0 Å². The van der Waals surface area contributed by atoms with Gasteiger partial charge in [-0.05, 0) is 13.0 Å². The number of aromatic nitrogens is 1. The number of rotatable bonds is 5. The molecular weight excluding hydrogens is 306 g/mol. The van der Waals surface area contributed by atoms with Crippen LogP contribution < -0.4 is 10.6 Å². The molecule has 2 rings (SSSR count). The van der Waals surface area contributed by atoms with Gasteiger partial charge in [0, 0.05) is 25.6 Å². The number of nitrogens with one attached hydrogen (secondary N) is 2. The Morgan fingerprint density at radius 1 is 1.23 bits per heavy atom. The monoisotopic (exact) mass is 321 g/mol. The quantitative estimate of drug-likeness (QED) is 0.827. The molecule has 1 aromatic carbocycles. The van der Waals surface area contributed by atoms with E-state index in [0.29, 0.717) is 40.7 Å². The van der Waals surface area contributed by atoms with Gasteiger partial charge in [0.15, 0.2) is 0 Å². The molecule has 0 aliphatic carbocycles. The SMILES string of the molecule is CC(=O)NCCNC(=O)c1c(-c2ccccc2Cl)noc1C. The van der Waals surface area contributed by atoms with Crippen LogP contribution in [0, 0.1) is 6.92 Å². The van der Waals surface area contributed by atoms with E-state index >= 15 is 0 Å². The molecule has 22 heavy (non-hydrogen) atoms. The van der Waals surface area contributed by atoms with Crippen LogP contribution in [0.2, 0.25) is 5.02 Å². The van der Waals surface area contributed by atoms with Gasteiger partial charge in [0.05, 0.1) is 5.02 Å². The lowest BCUT2D eigenvalue weighted by atomic mass is 10.1. The third kappa shape index (κ3) is 3.65. The van der Waals surface area contributed by atoms with Gasteiger partial charge in [-0.25, -0.2) is 0 Å². The molecule has 2 aromatic rings. The lowest BCUT2D eigenvalue weighted by Gasteiger charge is -2.07. The Bertz CT molecular complexity index is 697. The van der Waals surface area contributed by atoms with Crippen LogP contribution in [-0.4, -0.2) is 30.1 Å². The molecule has 7 heteroatoms. The Kier molecular flexibility index (Phi) is 5.16. The molecule has 0 saturated carbocycles. The average molecular weight is 322 g/mol. The number of halogens is 1. The zero-order chi connectivity index (χ0) is 16.1. The third-order valence-electron chi connectivity index (χ3n) is 3.00. The first kappa shape index (κ1) is 16.0. The first-order chi connectivity index (χ1) is 10.5. The van der Waals surface area contributed by atoms with Crippen molar-refractivity contribution in [3.63, 3.8) is 0 Å². The maximum atomic E-state index is 12.3. The van der Waals surface area contributed by atoms with E-state index < -0.39 is 0 Å². The minimum atomic E-state index is -0.320. The summed E-state index contributed by atoms with van der Waals surface area (Å²) in [7, 11) is 0. The molecule has 0 atom stereocenters. The van der Waals surface area contributed by atoms with Gasteiger partial charge < -0.3 is 15.2 Å². The lowest BCUT2D eigenvalue weighted by Crippen LogP contribution is -2.33. The van der Waals surface area contributed by atoms with E-state index in [1.54, 1.807) is 25.1 Å². The van der Waals surface area contributed by atoms with Crippen LogP contribution in [0.1, 0.15) is 23.0 Å².